The molecule has 0 atom stereocenters. The van der Waals surface area contributed by atoms with E-state index in [4.69, 9.17) is 0 Å². The van der Waals surface area contributed by atoms with Crippen molar-refractivity contribution >= 4 is 0 Å². The van der Waals surface area contributed by atoms with Crippen LogP contribution in [0.5, 0.6) is 0 Å². The number of hydrogen-bond donors (Lipinski definition) is 1. The quantitative estimate of drug-likeness (QED) is 0.698. The minimum absolute atomic E-state index is 0.614. The highest BCUT2D eigenvalue weighted by Gasteiger charge is 2.11. The lowest BCUT2D eigenvalue weighted by Gasteiger charge is -2.30. The summed E-state index contributed by atoms with van der Waals surface area (Å²) in [6, 6.07) is 3.19. The lowest BCUT2D eigenvalue weighted by molar-refractivity contribution is 0.176. The monoisotopic (exact) mass is 238 g/mol. The second kappa shape index (κ2) is 7.45. The van der Waals surface area contributed by atoms with Crippen molar-refractivity contribution in [3.05, 3.63) is 18.5 Å². The zero-order valence-electron chi connectivity index (χ0n) is 11.6. The molecule has 17 heavy (non-hydrogen) atoms. The van der Waals surface area contributed by atoms with E-state index in [0.717, 1.165) is 26.2 Å². The van der Waals surface area contributed by atoms with Gasteiger partial charge in [0.1, 0.15) is 0 Å². The molecule has 1 rings (SSSR count). The summed E-state index contributed by atoms with van der Waals surface area (Å²) in [5.41, 5.74) is 0. The number of nitrogens with one attached hydrogen (secondary N) is 1. The average Bonchev–Trinajstić information content (AvgIpc) is 2.74. The van der Waals surface area contributed by atoms with E-state index in [1.165, 1.54) is 0 Å². The third kappa shape index (κ3) is 5.33. The maximum Gasteiger partial charge on any atom is 0.0533 e. The molecular weight excluding hydrogens is 212 g/mol. The van der Waals surface area contributed by atoms with Gasteiger partial charge in [-0.05, 0) is 33.8 Å². The maximum absolute atomic E-state index is 4.17. The van der Waals surface area contributed by atoms with E-state index in [2.05, 4.69) is 43.0 Å². The summed E-state index contributed by atoms with van der Waals surface area (Å²) >= 11 is 0. The highest BCUT2D eigenvalue weighted by Crippen LogP contribution is 2.02. The molecule has 0 saturated carbocycles. The van der Waals surface area contributed by atoms with Crippen molar-refractivity contribution in [2.45, 2.75) is 46.3 Å². The summed E-state index contributed by atoms with van der Waals surface area (Å²) in [4.78, 5) is 2.50. The minimum Gasteiger partial charge on any atom is -0.314 e. The van der Waals surface area contributed by atoms with Crippen LogP contribution in [0.15, 0.2) is 18.5 Å². The van der Waals surface area contributed by atoms with Crippen LogP contribution in [0.2, 0.25) is 0 Å². The largest absolute Gasteiger partial charge is 0.314 e. The van der Waals surface area contributed by atoms with E-state index < -0.39 is 0 Å². The molecule has 0 unspecified atom stereocenters. The molecule has 0 saturated heterocycles. The molecule has 0 amide bonds. The van der Waals surface area contributed by atoms with E-state index >= 15 is 0 Å². The van der Waals surface area contributed by atoms with Crippen LogP contribution in [0, 0.1) is 0 Å². The Morgan fingerprint density at radius 3 is 2.41 bits per heavy atom. The molecule has 4 nitrogen and oxygen atoms in total. The lowest BCUT2D eigenvalue weighted by atomic mass is 10.2. The molecule has 98 valence electrons. The molecule has 0 aliphatic rings. The Morgan fingerprint density at radius 1 is 1.18 bits per heavy atom. The van der Waals surface area contributed by atoms with E-state index in [9.17, 15) is 0 Å². The zero-order chi connectivity index (χ0) is 12.7. The van der Waals surface area contributed by atoms with Crippen molar-refractivity contribution in [3.63, 3.8) is 0 Å². The first-order valence-electron chi connectivity index (χ1n) is 6.55. The molecule has 0 aliphatic carbocycles. The van der Waals surface area contributed by atoms with Crippen LogP contribution >= 0.6 is 0 Å². The van der Waals surface area contributed by atoms with Gasteiger partial charge in [0.15, 0.2) is 0 Å². The molecule has 0 bridgehead atoms. The van der Waals surface area contributed by atoms with Gasteiger partial charge in [0.25, 0.3) is 0 Å². The fourth-order valence-electron chi connectivity index (χ4n) is 2.07. The van der Waals surface area contributed by atoms with Crippen molar-refractivity contribution in [2.24, 2.45) is 0 Å². The fraction of sp³-hybridized carbons (Fsp3) is 0.769. The zero-order valence-corrected chi connectivity index (χ0v) is 11.6. The first-order valence-corrected chi connectivity index (χ1v) is 6.55. The minimum atomic E-state index is 0.614. The van der Waals surface area contributed by atoms with Crippen LogP contribution in [-0.2, 0) is 6.54 Å². The van der Waals surface area contributed by atoms with E-state index in [-0.39, 0.29) is 0 Å². The summed E-state index contributed by atoms with van der Waals surface area (Å²) in [6.45, 7) is 13.1. The van der Waals surface area contributed by atoms with Crippen LogP contribution in [0.25, 0.3) is 0 Å². The first-order chi connectivity index (χ1) is 8.11. The van der Waals surface area contributed by atoms with E-state index in [1.807, 2.05) is 23.1 Å². The maximum atomic E-state index is 4.17. The second-order valence-electron chi connectivity index (χ2n) is 4.94. The van der Waals surface area contributed by atoms with Crippen molar-refractivity contribution in [1.82, 2.24) is 20.0 Å². The highest BCUT2D eigenvalue weighted by atomic mass is 15.3. The third-order valence-electron chi connectivity index (χ3n) is 2.95. The van der Waals surface area contributed by atoms with Gasteiger partial charge in [-0.1, -0.05) is 0 Å². The van der Waals surface area contributed by atoms with Gasteiger partial charge in [-0.15, -0.1) is 0 Å². The standard InChI is InChI=1S/C13H26N4/c1-12(2)17(13(3)4)11-8-14-7-10-16-9-5-6-15-16/h5-6,9,12-14H,7-8,10-11H2,1-4H3. The van der Waals surface area contributed by atoms with Crippen molar-refractivity contribution in [3.8, 4) is 0 Å². The fourth-order valence-corrected chi connectivity index (χ4v) is 2.07. The average molecular weight is 238 g/mol. The van der Waals surface area contributed by atoms with Crippen LogP contribution < -0.4 is 5.32 Å². The smallest absolute Gasteiger partial charge is 0.0533 e. The molecule has 0 spiro atoms. The molecule has 4 heteroatoms. The summed E-state index contributed by atoms with van der Waals surface area (Å²) < 4.78 is 1.95. The summed E-state index contributed by atoms with van der Waals surface area (Å²) in [7, 11) is 0. The van der Waals surface area contributed by atoms with Crippen LogP contribution in [0.4, 0.5) is 0 Å². The summed E-state index contributed by atoms with van der Waals surface area (Å²) in [6.07, 6.45) is 3.81. The third-order valence-corrected chi connectivity index (χ3v) is 2.95. The number of rotatable bonds is 8. The van der Waals surface area contributed by atoms with E-state index in [0.29, 0.717) is 12.1 Å². The molecular formula is C13H26N4. The van der Waals surface area contributed by atoms with Crippen molar-refractivity contribution in [2.75, 3.05) is 19.6 Å². The Kier molecular flexibility index (Phi) is 6.22. The Hall–Kier alpha value is -0.870. The van der Waals surface area contributed by atoms with Gasteiger partial charge in [0.05, 0.1) is 6.54 Å². The van der Waals surface area contributed by atoms with Gasteiger partial charge < -0.3 is 5.32 Å². The second-order valence-corrected chi connectivity index (χ2v) is 4.94. The van der Waals surface area contributed by atoms with Gasteiger partial charge >= 0.3 is 0 Å². The lowest BCUT2D eigenvalue weighted by Crippen LogP contribution is -2.41. The molecule has 1 aromatic heterocycles. The predicted molar refractivity (Wildman–Crippen MR) is 72.1 cm³/mol. The van der Waals surface area contributed by atoms with Crippen LogP contribution in [0.3, 0.4) is 0 Å². The van der Waals surface area contributed by atoms with Crippen molar-refractivity contribution < 1.29 is 0 Å². The molecule has 1 N–H and O–H groups in total. The van der Waals surface area contributed by atoms with Gasteiger partial charge in [-0.2, -0.15) is 5.10 Å². The van der Waals surface area contributed by atoms with Gasteiger partial charge in [-0.25, -0.2) is 0 Å². The van der Waals surface area contributed by atoms with Gasteiger partial charge in [0, 0.05) is 44.1 Å². The number of aromatic nitrogens is 2. The Morgan fingerprint density at radius 2 is 1.88 bits per heavy atom. The number of nitrogens with zero attached hydrogens (tertiary/aromatic N) is 3. The molecule has 0 aromatic carbocycles. The molecule has 0 aliphatic heterocycles. The molecule has 1 aromatic rings. The Labute approximate surface area is 105 Å². The predicted octanol–water partition coefficient (Wildman–Crippen LogP) is 1.59. The van der Waals surface area contributed by atoms with Crippen LogP contribution in [0.1, 0.15) is 27.7 Å². The Balaban J connectivity index is 2.10. The summed E-state index contributed by atoms with van der Waals surface area (Å²) in [5, 5.41) is 7.63. The van der Waals surface area contributed by atoms with E-state index in [1.54, 1.807) is 0 Å². The topological polar surface area (TPSA) is 33.1 Å². The number of hydrogen-bond acceptors (Lipinski definition) is 3. The summed E-state index contributed by atoms with van der Waals surface area (Å²) in [5.74, 6) is 0. The highest BCUT2D eigenvalue weighted by molar-refractivity contribution is 4.77. The molecule has 0 fully saturated rings. The first kappa shape index (κ1) is 14.2. The molecule has 0 radical (unpaired) electrons. The van der Waals surface area contributed by atoms with Crippen molar-refractivity contribution in [1.29, 1.82) is 0 Å². The van der Waals surface area contributed by atoms with Crippen LogP contribution in [-0.4, -0.2) is 46.4 Å². The SMILES string of the molecule is CC(C)N(CCNCCn1cccn1)C(C)C. The van der Waals surface area contributed by atoms with Gasteiger partial charge in [0.2, 0.25) is 0 Å². The van der Waals surface area contributed by atoms with Gasteiger partial charge in [-0.3, -0.25) is 9.58 Å². The molecule has 1 heterocycles. The Bertz CT molecular complexity index is 272. The normalized spacial score (nSPS) is 11.9.